The van der Waals surface area contributed by atoms with E-state index in [1.54, 1.807) is 0 Å². The van der Waals surface area contributed by atoms with Gasteiger partial charge in [0.05, 0.1) is 5.56 Å². The molecule has 1 fully saturated rings. The number of halogens is 1. The van der Waals surface area contributed by atoms with Gasteiger partial charge in [0.2, 0.25) is 0 Å². The molecule has 5 heteroatoms. The van der Waals surface area contributed by atoms with Gasteiger partial charge in [-0.1, -0.05) is 18.1 Å². The van der Waals surface area contributed by atoms with Crippen LogP contribution in [0.15, 0.2) is 23.8 Å². The van der Waals surface area contributed by atoms with Crippen molar-refractivity contribution in [1.82, 2.24) is 0 Å². The highest BCUT2D eigenvalue weighted by Crippen LogP contribution is 2.25. The predicted molar refractivity (Wildman–Crippen MR) is 68.6 cm³/mol. The van der Waals surface area contributed by atoms with Gasteiger partial charge in [0, 0.05) is 13.8 Å². The number of benzene rings is 1. The van der Waals surface area contributed by atoms with Crippen molar-refractivity contribution in [1.29, 1.82) is 0 Å². The fraction of sp³-hybridized carbons (Fsp3) is 0.200. The summed E-state index contributed by atoms with van der Waals surface area (Å²) in [6.07, 6.45) is 6.38. The zero-order chi connectivity index (χ0) is 14.9. The topological polar surface area (TPSA) is 52.6 Å². The van der Waals surface area contributed by atoms with Gasteiger partial charge in [0.15, 0.2) is 0 Å². The third kappa shape index (κ3) is 2.54. The predicted octanol–water partition coefficient (Wildman–Crippen LogP) is 2.03. The van der Waals surface area contributed by atoms with Crippen molar-refractivity contribution in [3.8, 4) is 12.3 Å². The smallest absolute Gasteiger partial charge is 0.348 e. The summed E-state index contributed by atoms with van der Waals surface area (Å²) in [6, 6.07) is 4.11. The Bertz CT molecular complexity index is 643. The fourth-order valence-electron chi connectivity index (χ4n) is 1.75. The van der Waals surface area contributed by atoms with E-state index in [9.17, 15) is 14.0 Å². The maximum Gasteiger partial charge on any atom is 0.348 e. The van der Waals surface area contributed by atoms with E-state index in [4.69, 9.17) is 15.9 Å². The lowest BCUT2D eigenvalue weighted by Gasteiger charge is -2.29. The number of hydrogen-bond donors (Lipinski definition) is 0. The second-order valence-corrected chi connectivity index (χ2v) is 4.59. The Hall–Kier alpha value is -2.61. The van der Waals surface area contributed by atoms with Crippen LogP contribution in [0.1, 0.15) is 25.0 Å². The molecule has 0 bridgehead atoms. The van der Waals surface area contributed by atoms with Crippen LogP contribution >= 0.6 is 0 Å². The molecule has 1 aliphatic heterocycles. The standard InChI is InChI=1S/C15H11FO4/c1-4-10-9(6-5-7-12(10)16)8-11-13(17)19-15(2,3)20-14(11)18/h1,5-8H,2-3H3. The Kier molecular flexibility index (Phi) is 3.33. The van der Waals surface area contributed by atoms with Gasteiger partial charge in [0.25, 0.3) is 5.79 Å². The molecular formula is C15H11FO4. The lowest BCUT2D eigenvalue weighted by molar-refractivity contribution is -0.222. The van der Waals surface area contributed by atoms with Gasteiger partial charge in [-0.2, -0.15) is 0 Å². The van der Waals surface area contributed by atoms with Crippen molar-refractivity contribution in [2.45, 2.75) is 19.6 Å². The normalized spacial score (nSPS) is 17.0. The number of terminal acetylenes is 1. The molecule has 0 aromatic heterocycles. The summed E-state index contributed by atoms with van der Waals surface area (Å²) in [5, 5.41) is 0. The molecule has 0 N–H and O–H groups in total. The van der Waals surface area contributed by atoms with Gasteiger partial charge in [-0.05, 0) is 17.7 Å². The molecule has 1 aromatic rings. The maximum absolute atomic E-state index is 13.5. The molecule has 1 saturated heterocycles. The molecule has 1 aromatic carbocycles. The van der Waals surface area contributed by atoms with E-state index >= 15 is 0 Å². The highest BCUT2D eigenvalue weighted by Gasteiger charge is 2.38. The first kappa shape index (κ1) is 13.8. The minimum absolute atomic E-state index is 0.0366. The van der Waals surface area contributed by atoms with Crippen LogP contribution in [-0.2, 0) is 19.1 Å². The number of cyclic esters (lactones) is 2. The van der Waals surface area contributed by atoms with E-state index in [1.807, 2.05) is 0 Å². The first-order chi connectivity index (χ1) is 9.34. The summed E-state index contributed by atoms with van der Waals surface area (Å²) >= 11 is 0. The number of ether oxygens (including phenoxy) is 2. The Balaban J connectivity index is 2.47. The number of esters is 2. The minimum Gasteiger partial charge on any atom is -0.419 e. The lowest BCUT2D eigenvalue weighted by Crippen LogP contribution is -2.41. The van der Waals surface area contributed by atoms with Gasteiger partial charge >= 0.3 is 11.9 Å². The molecular weight excluding hydrogens is 263 g/mol. The third-order valence-electron chi connectivity index (χ3n) is 2.61. The summed E-state index contributed by atoms with van der Waals surface area (Å²) in [5.41, 5.74) is -0.132. The van der Waals surface area contributed by atoms with Crippen molar-refractivity contribution >= 4 is 18.0 Å². The Labute approximate surface area is 115 Å². The molecule has 0 atom stereocenters. The molecule has 2 rings (SSSR count). The van der Waals surface area contributed by atoms with Crippen LogP contribution in [0, 0.1) is 18.2 Å². The average molecular weight is 274 g/mol. The zero-order valence-corrected chi connectivity index (χ0v) is 10.9. The number of rotatable bonds is 1. The van der Waals surface area contributed by atoms with Gasteiger partial charge in [0.1, 0.15) is 11.4 Å². The summed E-state index contributed by atoms with van der Waals surface area (Å²) in [7, 11) is 0. The molecule has 4 nitrogen and oxygen atoms in total. The summed E-state index contributed by atoms with van der Waals surface area (Å²) in [6.45, 7) is 2.88. The summed E-state index contributed by atoms with van der Waals surface area (Å²) in [4.78, 5) is 23.5. The average Bonchev–Trinajstić information content (AvgIpc) is 2.32. The van der Waals surface area contributed by atoms with Crippen LogP contribution in [0.2, 0.25) is 0 Å². The summed E-state index contributed by atoms with van der Waals surface area (Å²) < 4.78 is 23.4. The van der Waals surface area contributed by atoms with Gasteiger partial charge in [-0.15, -0.1) is 6.42 Å². The minimum atomic E-state index is -1.32. The van der Waals surface area contributed by atoms with Crippen molar-refractivity contribution in [3.05, 3.63) is 40.7 Å². The van der Waals surface area contributed by atoms with Gasteiger partial charge in [-0.3, -0.25) is 0 Å². The molecule has 1 aliphatic rings. The molecule has 0 saturated carbocycles. The SMILES string of the molecule is C#Cc1c(F)cccc1C=C1C(=O)OC(C)(C)OC1=O. The molecule has 102 valence electrons. The molecule has 0 unspecified atom stereocenters. The lowest BCUT2D eigenvalue weighted by atomic mass is 10.0. The second kappa shape index (κ2) is 4.82. The van der Waals surface area contributed by atoms with E-state index in [-0.39, 0.29) is 16.7 Å². The van der Waals surface area contributed by atoms with E-state index < -0.39 is 23.5 Å². The highest BCUT2D eigenvalue weighted by molar-refractivity contribution is 6.19. The van der Waals surface area contributed by atoms with E-state index in [1.165, 1.54) is 32.0 Å². The van der Waals surface area contributed by atoms with Crippen LogP contribution in [-0.4, -0.2) is 17.7 Å². The Morgan fingerprint density at radius 2 is 1.85 bits per heavy atom. The number of carbonyl (C=O) groups is 2. The molecule has 0 amide bonds. The Morgan fingerprint density at radius 3 is 2.40 bits per heavy atom. The van der Waals surface area contributed by atoms with E-state index in [0.29, 0.717) is 0 Å². The van der Waals surface area contributed by atoms with Crippen LogP contribution in [0.4, 0.5) is 4.39 Å². The molecule has 0 radical (unpaired) electrons. The fourth-order valence-corrected chi connectivity index (χ4v) is 1.75. The van der Waals surface area contributed by atoms with Crippen LogP contribution in [0.5, 0.6) is 0 Å². The zero-order valence-electron chi connectivity index (χ0n) is 10.9. The first-order valence-corrected chi connectivity index (χ1v) is 5.77. The molecule has 1 heterocycles. The van der Waals surface area contributed by atoms with Gasteiger partial charge in [-0.25, -0.2) is 14.0 Å². The van der Waals surface area contributed by atoms with E-state index in [0.717, 1.165) is 6.08 Å². The Morgan fingerprint density at radius 1 is 1.25 bits per heavy atom. The first-order valence-electron chi connectivity index (χ1n) is 5.77. The quantitative estimate of drug-likeness (QED) is 0.340. The number of hydrogen-bond acceptors (Lipinski definition) is 4. The molecule has 20 heavy (non-hydrogen) atoms. The summed E-state index contributed by atoms with van der Waals surface area (Å²) in [5.74, 6) is -1.42. The maximum atomic E-state index is 13.5. The van der Waals surface area contributed by atoms with Crippen molar-refractivity contribution in [3.63, 3.8) is 0 Å². The van der Waals surface area contributed by atoms with Crippen molar-refractivity contribution in [2.24, 2.45) is 0 Å². The number of carbonyl (C=O) groups excluding carboxylic acids is 2. The third-order valence-corrected chi connectivity index (χ3v) is 2.61. The monoisotopic (exact) mass is 274 g/mol. The highest BCUT2D eigenvalue weighted by atomic mass is 19.1. The van der Waals surface area contributed by atoms with Gasteiger partial charge < -0.3 is 9.47 Å². The van der Waals surface area contributed by atoms with Crippen LogP contribution in [0.25, 0.3) is 6.08 Å². The van der Waals surface area contributed by atoms with Crippen molar-refractivity contribution < 1.29 is 23.5 Å². The van der Waals surface area contributed by atoms with E-state index in [2.05, 4.69) is 5.92 Å². The molecule has 0 spiro atoms. The van der Waals surface area contributed by atoms with Crippen LogP contribution < -0.4 is 0 Å². The van der Waals surface area contributed by atoms with Crippen LogP contribution in [0.3, 0.4) is 0 Å². The molecule has 0 aliphatic carbocycles. The van der Waals surface area contributed by atoms with Crippen molar-refractivity contribution in [2.75, 3.05) is 0 Å². The second-order valence-electron chi connectivity index (χ2n) is 4.59. The largest absolute Gasteiger partial charge is 0.419 e.